The highest BCUT2D eigenvalue weighted by molar-refractivity contribution is 6.04. The number of carbonyl (C=O) groups is 2. The number of carbonyl (C=O) groups excluding carboxylic acids is 2. The first-order valence-electron chi connectivity index (χ1n) is 10.2. The summed E-state index contributed by atoms with van der Waals surface area (Å²) in [5.74, 6) is -3.83. The normalized spacial score (nSPS) is 49.8. The van der Waals surface area contributed by atoms with Crippen molar-refractivity contribution in [1.82, 2.24) is 0 Å². The Balaban J connectivity index is 1.95. The summed E-state index contributed by atoms with van der Waals surface area (Å²) in [6.45, 7) is 7.90. The third kappa shape index (κ3) is 2.22. The molecule has 4 aliphatic carbocycles. The largest absolute Gasteiger partial charge is 0.459 e. The van der Waals surface area contributed by atoms with Crippen LogP contribution in [0.15, 0.2) is 23.3 Å². The van der Waals surface area contributed by atoms with E-state index < -0.39 is 63.7 Å². The van der Waals surface area contributed by atoms with Crippen LogP contribution >= 0.6 is 0 Å². The summed E-state index contributed by atoms with van der Waals surface area (Å²) < 4.78 is 5.53. The first kappa shape index (κ1) is 20.7. The van der Waals surface area contributed by atoms with Crippen molar-refractivity contribution in [2.75, 3.05) is 6.61 Å². The molecule has 0 heterocycles. The van der Waals surface area contributed by atoms with E-state index in [0.717, 1.165) is 0 Å². The summed E-state index contributed by atoms with van der Waals surface area (Å²) >= 11 is 0. The fraction of sp³-hybridized carbons (Fsp3) is 0.727. The molecular weight excluding hydrogens is 376 g/mol. The maximum Gasteiger partial charge on any atom is 0.303 e. The second-order valence-electron chi connectivity index (χ2n) is 10.00. The summed E-state index contributed by atoms with van der Waals surface area (Å²) in [6, 6.07) is 0. The summed E-state index contributed by atoms with van der Waals surface area (Å²) in [7, 11) is 0. The molecule has 4 N–H and O–H groups in total. The highest BCUT2D eigenvalue weighted by Gasteiger charge is 2.85. The Bertz CT molecular complexity index is 857. The number of ether oxygens (including phenoxy) is 1. The van der Waals surface area contributed by atoms with Crippen molar-refractivity contribution < 1.29 is 34.8 Å². The van der Waals surface area contributed by atoms with Gasteiger partial charge in [0.25, 0.3) is 0 Å². The van der Waals surface area contributed by atoms with Crippen LogP contribution < -0.4 is 0 Å². The van der Waals surface area contributed by atoms with Gasteiger partial charge in [-0.1, -0.05) is 32.9 Å². The van der Waals surface area contributed by atoms with Gasteiger partial charge in [-0.05, 0) is 18.1 Å². The number of esters is 1. The maximum absolute atomic E-state index is 12.9. The third-order valence-corrected chi connectivity index (χ3v) is 8.30. The molecule has 4 rings (SSSR count). The molecule has 1 unspecified atom stereocenters. The first-order chi connectivity index (χ1) is 13.3. The van der Waals surface area contributed by atoms with Gasteiger partial charge in [0, 0.05) is 42.4 Å². The van der Waals surface area contributed by atoms with Gasteiger partial charge >= 0.3 is 5.97 Å². The average Bonchev–Trinajstić information content (AvgIpc) is 3.02. The van der Waals surface area contributed by atoms with E-state index in [-0.39, 0.29) is 13.0 Å². The molecule has 2 fully saturated rings. The monoisotopic (exact) mass is 406 g/mol. The van der Waals surface area contributed by atoms with Crippen molar-refractivity contribution >= 4 is 11.8 Å². The summed E-state index contributed by atoms with van der Waals surface area (Å²) in [6.07, 6.45) is 2.25. The lowest BCUT2D eigenvalue weighted by Crippen LogP contribution is -2.65. The summed E-state index contributed by atoms with van der Waals surface area (Å²) in [4.78, 5) is 24.7. The fourth-order valence-corrected chi connectivity index (χ4v) is 6.79. The van der Waals surface area contributed by atoms with Crippen LogP contribution in [0.2, 0.25) is 0 Å². The van der Waals surface area contributed by atoms with E-state index in [9.17, 15) is 30.0 Å². The zero-order valence-electron chi connectivity index (χ0n) is 17.5. The standard InChI is InChI=1S/C22H30O7/c1-10-6-15-20(26,17(10)25)8-13(9-23)7-14-16-19(4,5)22(16,28)18(29-12(3)24)11(2)21(14,15)27/h6-7,11,14-16,18,23,26-28H,8-9H2,1-5H3/t11-,14+,15?,16-,18-,20-,21-,22-/m1/s1. The van der Waals surface area contributed by atoms with E-state index in [2.05, 4.69) is 0 Å². The van der Waals surface area contributed by atoms with Crippen molar-refractivity contribution in [3.63, 3.8) is 0 Å². The second-order valence-corrected chi connectivity index (χ2v) is 10.00. The van der Waals surface area contributed by atoms with E-state index in [1.165, 1.54) is 6.92 Å². The van der Waals surface area contributed by atoms with Gasteiger partial charge in [0.05, 0.1) is 12.2 Å². The molecule has 29 heavy (non-hydrogen) atoms. The van der Waals surface area contributed by atoms with Gasteiger partial charge in [-0.2, -0.15) is 0 Å². The number of aliphatic hydroxyl groups excluding tert-OH is 1. The molecule has 7 heteroatoms. The summed E-state index contributed by atoms with van der Waals surface area (Å²) in [5.41, 5.74) is -4.74. The topological polar surface area (TPSA) is 124 Å². The quantitative estimate of drug-likeness (QED) is 0.389. The van der Waals surface area contributed by atoms with Gasteiger partial charge in [0.2, 0.25) is 0 Å². The van der Waals surface area contributed by atoms with Crippen LogP contribution in [-0.2, 0) is 14.3 Å². The van der Waals surface area contributed by atoms with Gasteiger partial charge in [0.15, 0.2) is 5.78 Å². The van der Waals surface area contributed by atoms with E-state index in [1.807, 2.05) is 13.8 Å². The first-order valence-corrected chi connectivity index (χ1v) is 10.2. The van der Waals surface area contributed by atoms with Crippen molar-refractivity contribution in [3.8, 4) is 0 Å². The molecule has 0 bridgehead atoms. The number of fused-ring (bicyclic) bond motifs is 5. The van der Waals surface area contributed by atoms with Gasteiger partial charge in [-0.3, -0.25) is 9.59 Å². The number of hydrogen-bond acceptors (Lipinski definition) is 7. The highest BCUT2D eigenvalue weighted by atomic mass is 16.6. The highest BCUT2D eigenvalue weighted by Crippen LogP contribution is 2.75. The Morgan fingerprint density at radius 2 is 1.86 bits per heavy atom. The molecule has 0 spiro atoms. The number of hydrogen-bond donors (Lipinski definition) is 4. The molecule has 2 saturated carbocycles. The van der Waals surface area contributed by atoms with Gasteiger partial charge in [-0.25, -0.2) is 0 Å². The molecule has 160 valence electrons. The number of aliphatic hydroxyl groups is 4. The molecule has 0 saturated heterocycles. The third-order valence-electron chi connectivity index (χ3n) is 8.30. The minimum atomic E-state index is -1.88. The predicted octanol–water partition coefficient (Wildman–Crippen LogP) is 0.501. The molecular formula is C22H30O7. The van der Waals surface area contributed by atoms with E-state index >= 15 is 0 Å². The Morgan fingerprint density at radius 1 is 1.24 bits per heavy atom. The summed E-state index contributed by atoms with van der Waals surface area (Å²) in [5, 5.41) is 45.0. The smallest absolute Gasteiger partial charge is 0.303 e. The van der Waals surface area contributed by atoms with Gasteiger partial charge in [0.1, 0.15) is 17.3 Å². The van der Waals surface area contributed by atoms with Crippen molar-refractivity contribution in [3.05, 3.63) is 23.3 Å². The van der Waals surface area contributed by atoms with Crippen molar-refractivity contribution in [1.29, 1.82) is 0 Å². The molecule has 0 aromatic carbocycles. The minimum Gasteiger partial charge on any atom is -0.459 e. The van der Waals surface area contributed by atoms with Crippen LogP contribution in [0, 0.1) is 29.1 Å². The number of ketones is 1. The second kappa shape index (κ2) is 5.78. The van der Waals surface area contributed by atoms with Crippen LogP contribution in [-0.4, -0.2) is 61.7 Å². The molecule has 7 nitrogen and oxygen atoms in total. The Hall–Kier alpha value is -1.54. The molecule has 0 aromatic heterocycles. The number of rotatable bonds is 2. The predicted molar refractivity (Wildman–Crippen MR) is 102 cm³/mol. The molecule has 4 aliphatic rings. The minimum absolute atomic E-state index is 0.0871. The van der Waals surface area contributed by atoms with Crippen molar-refractivity contribution in [2.24, 2.45) is 29.1 Å². The SMILES string of the molecule is CC(=O)O[C@@H]1[C@@H](C)[C@]2(O)C3C=C(C)C(=O)[C@@]3(O)CC(CO)=C[C@H]2[C@@H]2C(C)(C)[C@]12O. The average molecular weight is 406 g/mol. The molecule has 0 amide bonds. The van der Waals surface area contributed by atoms with Gasteiger partial charge in [-0.15, -0.1) is 0 Å². The lowest BCUT2D eigenvalue weighted by atomic mass is 9.59. The van der Waals surface area contributed by atoms with Gasteiger partial charge < -0.3 is 25.2 Å². The van der Waals surface area contributed by atoms with Crippen LogP contribution in [0.1, 0.15) is 41.0 Å². The Morgan fingerprint density at radius 3 is 2.41 bits per heavy atom. The molecule has 0 aromatic rings. The fourth-order valence-electron chi connectivity index (χ4n) is 6.79. The van der Waals surface area contributed by atoms with E-state index in [0.29, 0.717) is 11.1 Å². The molecule has 0 radical (unpaired) electrons. The van der Waals surface area contributed by atoms with Crippen LogP contribution in [0.4, 0.5) is 0 Å². The van der Waals surface area contributed by atoms with Crippen molar-refractivity contribution in [2.45, 2.75) is 63.9 Å². The maximum atomic E-state index is 12.9. The zero-order valence-corrected chi connectivity index (χ0v) is 17.5. The van der Waals surface area contributed by atoms with Crippen LogP contribution in [0.25, 0.3) is 0 Å². The Labute approximate surface area is 170 Å². The van der Waals surface area contributed by atoms with Crippen LogP contribution in [0.5, 0.6) is 0 Å². The lowest BCUT2D eigenvalue weighted by molar-refractivity contribution is -0.220. The molecule has 8 atom stereocenters. The van der Waals surface area contributed by atoms with Crippen LogP contribution in [0.3, 0.4) is 0 Å². The zero-order chi connectivity index (χ0) is 21.7. The lowest BCUT2D eigenvalue weighted by Gasteiger charge is -2.52. The Kier molecular flexibility index (Phi) is 4.13. The number of Topliss-reactive ketones (excluding diaryl/α,β-unsaturated/α-hetero) is 1. The molecule has 0 aliphatic heterocycles. The van der Waals surface area contributed by atoms with E-state index in [1.54, 1.807) is 26.0 Å². The van der Waals surface area contributed by atoms with E-state index in [4.69, 9.17) is 4.74 Å².